The van der Waals surface area contributed by atoms with Crippen molar-refractivity contribution in [2.75, 3.05) is 13.2 Å². The first-order chi connectivity index (χ1) is 5.54. The molecule has 4 atom stereocenters. The van der Waals surface area contributed by atoms with Crippen LogP contribution >= 0.6 is 0 Å². The molecule has 7 N–H and O–H groups in total. The van der Waals surface area contributed by atoms with E-state index in [2.05, 4.69) is 0 Å². The molecule has 0 aromatic heterocycles. The van der Waals surface area contributed by atoms with Crippen LogP contribution in [0.15, 0.2) is 0 Å². The lowest BCUT2D eigenvalue weighted by Crippen LogP contribution is -2.48. The smallest absolute Gasteiger partial charge is 0.111 e. The molecular weight excluding hydrogens is 185 g/mol. The zero-order valence-electron chi connectivity index (χ0n) is 6.95. The monoisotopic (exact) mass is 201 g/mol. The molecule has 13 heavy (non-hydrogen) atoms. The molecule has 0 aliphatic carbocycles. The maximum Gasteiger partial charge on any atom is 0.111 e. The summed E-state index contributed by atoms with van der Waals surface area (Å²) in [5, 5.41) is 44.2. The van der Waals surface area contributed by atoms with Crippen LogP contribution in [0.3, 0.4) is 0 Å². The fraction of sp³-hybridized carbons (Fsp3) is 1.00. The quantitative estimate of drug-likeness (QED) is 0.274. The Labute approximate surface area is 74.6 Å². The van der Waals surface area contributed by atoms with Crippen LogP contribution in [0.4, 0.5) is 4.70 Å². The molecule has 0 bridgehead atoms. The van der Waals surface area contributed by atoms with Gasteiger partial charge in [0.25, 0.3) is 0 Å². The minimum absolute atomic E-state index is 0. The minimum Gasteiger partial charge on any atom is -0.394 e. The number of aliphatic hydroxyl groups is 5. The second-order valence-corrected chi connectivity index (χ2v) is 2.53. The minimum atomic E-state index is -1.59. The number of halogens is 1. The summed E-state index contributed by atoms with van der Waals surface area (Å²) in [5.41, 5.74) is 4.99. The molecule has 0 heterocycles. The highest BCUT2D eigenvalue weighted by atomic mass is 19.0. The zero-order chi connectivity index (χ0) is 9.72. The van der Waals surface area contributed by atoms with Crippen molar-refractivity contribution in [2.24, 2.45) is 5.73 Å². The predicted octanol–water partition coefficient (Wildman–Crippen LogP) is -3.47. The Balaban J connectivity index is 0. The van der Waals surface area contributed by atoms with Crippen LogP contribution in [-0.2, 0) is 0 Å². The van der Waals surface area contributed by atoms with Gasteiger partial charge >= 0.3 is 0 Å². The highest BCUT2D eigenvalue weighted by Gasteiger charge is 2.28. The standard InChI is InChI=1S/C6H15NO5.FH/c7-1-3(9)5(11)6(12)4(10)2-8;/h3-6,8-12H,1-2,7H2;1H/t3-,4+,5+,6-;/m1./s1. The first-order valence-electron chi connectivity index (χ1n) is 3.57. The normalized spacial score (nSPS) is 19.8. The van der Waals surface area contributed by atoms with Gasteiger partial charge in [0.05, 0.1) is 12.7 Å². The van der Waals surface area contributed by atoms with E-state index in [1.54, 1.807) is 0 Å². The highest BCUT2D eigenvalue weighted by Crippen LogP contribution is 2.03. The van der Waals surface area contributed by atoms with E-state index in [4.69, 9.17) is 31.3 Å². The highest BCUT2D eigenvalue weighted by molar-refractivity contribution is 4.80. The second kappa shape index (κ2) is 7.13. The van der Waals surface area contributed by atoms with E-state index in [0.29, 0.717) is 0 Å². The topological polar surface area (TPSA) is 127 Å². The van der Waals surface area contributed by atoms with E-state index in [-0.39, 0.29) is 11.2 Å². The number of hydrogen-bond donors (Lipinski definition) is 6. The van der Waals surface area contributed by atoms with Gasteiger partial charge < -0.3 is 31.3 Å². The molecule has 0 saturated carbocycles. The molecule has 0 saturated heterocycles. The Morgan fingerprint density at radius 1 is 0.923 bits per heavy atom. The van der Waals surface area contributed by atoms with Crippen molar-refractivity contribution in [3.05, 3.63) is 0 Å². The Bertz CT molecular complexity index is 114. The van der Waals surface area contributed by atoms with E-state index < -0.39 is 31.0 Å². The fourth-order valence-corrected chi connectivity index (χ4v) is 0.703. The molecule has 0 spiro atoms. The third-order valence-corrected chi connectivity index (χ3v) is 1.57. The van der Waals surface area contributed by atoms with Gasteiger partial charge in [-0.3, -0.25) is 4.70 Å². The molecule has 0 aliphatic heterocycles. The van der Waals surface area contributed by atoms with E-state index in [1.807, 2.05) is 0 Å². The second-order valence-electron chi connectivity index (χ2n) is 2.53. The maximum atomic E-state index is 9.04. The molecule has 6 nitrogen and oxygen atoms in total. The van der Waals surface area contributed by atoms with Crippen molar-refractivity contribution in [3.63, 3.8) is 0 Å². The molecule has 0 aliphatic rings. The van der Waals surface area contributed by atoms with E-state index in [9.17, 15) is 0 Å². The van der Waals surface area contributed by atoms with Crippen LogP contribution in [0.25, 0.3) is 0 Å². The molecule has 0 aromatic carbocycles. The number of rotatable bonds is 5. The van der Waals surface area contributed by atoms with Gasteiger partial charge in [-0.1, -0.05) is 0 Å². The lowest BCUT2D eigenvalue weighted by molar-refractivity contribution is -0.112. The number of nitrogens with two attached hydrogens (primary N) is 1. The van der Waals surface area contributed by atoms with Gasteiger partial charge in [0.15, 0.2) is 0 Å². The summed E-state index contributed by atoms with van der Waals surface area (Å²) in [5.74, 6) is 0. The molecule has 7 heteroatoms. The van der Waals surface area contributed by atoms with E-state index >= 15 is 0 Å². The molecule has 0 amide bonds. The third kappa shape index (κ3) is 4.46. The van der Waals surface area contributed by atoms with Crippen LogP contribution in [0.1, 0.15) is 0 Å². The van der Waals surface area contributed by atoms with Crippen molar-refractivity contribution < 1.29 is 30.2 Å². The first-order valence-corrected chi connectivity index (χ1v) is 3.57. The van der Waals surface area contributed by atoms with E-state index in [1.165, 1.54) is 0 Å². The summed E-state index contributed by atoms with van der Waals surface area (Å²) in [4.78, 5) is 0. The van der Waals surface area contributed by atoms with Crippen LogP contribution in [0.5, 0.6) is 0 Å². The van der Waals surface area contributed by atoms with E-state index in [0.717, 1.165) is 0 Å². The van der Waals surface area contributed by atoms with Gasteiger partial charge in [0.2, 0.25) is 0 Å². The van der Waals surface area contributed by atoms with Crippen molar-refractivity contribution in [2.45, 2.75) is 24.4 Å². The summed E-state index contributed by atoms with van der Waals surface area (Å²) in [6.45, 7) is -0.911. The molecule has 0 radical (unpaired) electrons. The Kier molecular flexibility index (Phi) is 8.32. The number of hydrogen-bond acceptors (Lipinski definition) is 6. The van der Waals surface area contributed by atoms with Gasteiger partial charge in [-0.2, -0.15) is 0 Å². The summed E-state index contributed by atoms with van der Waals surface area (Å²) in [6, 6.07) is 0. The molecule has 82 valence electrons. The van der Waals surface area contributed by atoms with Crippen molar-refractivity contribution >= 4 is 0 Å². The van der Waals surface area contributed by atoms with Crippen LogP contribution in [0, 0.1) is 0 Å². The molecule has 0 rings (SSSR count). The summed E-state index contributed by atoms with van der Waals surface area (Å²) in [6.07, 6.45) is -5.91. The van der Waals surface area contributed by atoms with Gasteiger partial charge in [-0.05, 0) is 0 Å². The summed E-state index contributed by atoms with van der Waals surface area (Å²) < 4.78 is 0. The molecular formula is C6H16FNO5. The molecule has 0 aromatic rings. The SMILES string of the molecule is F.NC[C@@H](O)[C@H](O)[C@H](O)[C@@H](O)CO. The van der Waals surface area contributed by atoms with Crippen molar-refractivity contribution in [1.29, 1.82) is 0 Å². The van der Waals surface area contributed by atoms with Crippen LogP contribution in [0.2, 0.25) is 0 Å². The Hall–Kier alpha value is -0.310. The zero-order valence-corrected chi connectivity index (χ0v) is 6.95. The number of aliphatic hydroxyl groups excluding tert-OH is 5. The van der Waals surface area contributed by atoms with Gasteiger partial charge in [-0.25, -0.2) is 0 Å². The van der Waals surface area contributed by atoms with Crippen LogP contribution in [-0.4, -0.2) is 63.1 Å². The average Bonchev–Trinajstić information content (AvgIpc) is 2.12. The van der Waals surface area contributed by atoms with Gasteiger partial charge in [0, 0.05) is 6.54 Å². The fourth-order valence-electron chi connectivity index (χ4n) is 0.703. The molecule has 0 fully saturated rings. The van der Waals surface area contributed by atoms with Crippen molar-refractivity contribution in [3.8, 4) is 0 Å². The first kappa shape index (κ1) is 15.2. The lowest BCUT2D eigenvalue weighted by atomic mass is 10.0. The van der Waals surface area contributed by atoms with Crippen molar-refractivity contribution in [1.82, 2.24) is 0 Å². The molecule has 0 unspecified atom stereocenters. The average molecular weight is 201 g/mol. The van der Waals surface area contributed by atoms with Gasteiger partial charge in [-0.15, -0.1) is 0 Å². The summed E-state index contributed by atoms with van der Waals surface area (Å²) in [7, 11) is 0. The van der Waals surface area contributed by atoms with Gasteiger partial charge in [0.1, 0.15) is 18.3 Å². The lowest BCUT2D eigenvalue weighted by Gasteiger charge is -2.24. The largest absolute Gasteiger partial charge is 0.394 e. The third-order valence-electron chi connectivity index (χ3n) is 1.57. The predicted molar refractivity (Wildman–Crippen MR) is 42.7 cm³/mol. The summed E-state index contributed by atoms with van der Waals surface area (Å²) >= 11 is 0. The Morgan fingerprint density at radius 2 is 1.31 bits per heavy atom. The van der Waals surface area contributed by atoms with Crippen LogP contribution < -0.4 is 5.73 Å². The maximum absolute atomic E-state index is 9.04. The Morgan fingerprint density at radius 3 is 1.62 bits per heavy atom.